The van der Waals surface area contributed by atoms with E-state index in [9.17, 15) is 13.2 Å². The van der Waals surface area contributed by atoms with Gasteiger partial charge in [0, 0.05) is 5.02 Å². The largest absolute Gasteiger partial charge is 0.497 e. The third-order valence-corrected chi connectivity index (χ3v) is 7.61. The van der Waals surface area contributed by atoms with Crippen LogP contribution in [0.1, 0.15) is 36.1 Å². The lowest BCUT2D eigenvalue weighted by atomic mass is 10.0. The van der Waals surface area contributed by atoms with E-state index in [4.69, 9.17) is 16.3 Å². The van der Waals surface area contributed by atoms with Crippen LogP contribution >= 0.6 is 11.6 Å². The molecule has 1 N–H and O–H groups in total. The molecule has 1 atom stereocenters. The molecule has 180 valence electrons. The van der Waals surface area contributed by atoms with Crippen LogP contribution < -0.4 is 14.4 Å². The molecule has 0 saturated carbocycles. The van der Waals surface area contributed by atoms with E-state index in [1.54, 1.807) is 56.5 Å². The first-order valence-electron chi connectivity index (χ1n) is 10.9. The summed E-state index contributed by atoms with van der Waals surface area (Å²) in [7, 11) is -2.43. The molecule has 3 rings (SSSR count). The lowest BCUT2D eigenvalue weighted by Crippen LogP contribution is -2.42. The van der Waals surface area contributed by atoms with Crippen molar-refractivity contribution >= 4 is 33.2 Å². The summed E-state index contributed by atoms with van der Waals surface area (Å²) >= 11 is 6.19. The van der Waals surface area contributed by atoms with Gasteiger partial charge in [-0.15, -0.1) is 0 Å². The molecule has 0 bridgehead atoms. The van der Waals surface area contributed by atoms with Crippen LogP contribution in [0.4, 0.5) is 5.69 Å². The van der Waals surface area contributed by atoms with Crippen molar-refractivity contribution in [2.45, 2.75) is 38.1 Å². The highest BCUT2D eigenvalue weighted by Gasteiger charge is 2.29. The number of anilines is 1. The standard InChI is InChI=1S/C26H29ClN2O4S/c1-5-24(20-9-12-22(33-4)13-10-20)28-26(30)17-29(25-16-21(27)11-8-19(25)3)34(31,32)23-14-6-18(2)7-15-23/h6-16,24H,5,17H2,1-4H3,(H,28,30)/t24-/m0/s1. The highest BCUT2D eigenvalue weighted by atomic mass is 35.5. The average Bonchev–Trinajstić information content (AvgIpc) is 2.83. The Morgan fingerprint density at radius 3 is 2.26 bits per heavy atom. The number of carbonyl (C=O) groups excluding carboxylic acids is 1. The van der Waals surface area contributed by atoms with Gasteiger partial charge in [-0.1, -0.05) is 54.4 Å². The summed E-state index contributed by atoms with van der Waals surface area (Å²) < 4.78 is 33.6. The predicted molar refractivity (Wildman–Crippen MR) is 136 cm³/mol. The van der Waals surface area contributed by atoms with E-state index >= 15 is 0 Å². The van der Waals surface area contributed by atoms with Crippen LogP contribution in [-0.2, 0) is 14.8 Å². The van der Waals surface area contributed by atoms with Gasteiger partial charge in [-0.25, -0.2) is 8.42 Å². The van der Waals surface area contributed by atoms with Crippen LogP contribution in [0.2, 0.25) is 5.02 Å². The third-order valence-electron chi connectivity index (χ3n) is 5.60. The number of nitrogens with zero attached hydrogens (tertiary/aromatic N) is 1. The summed E-state index contributed by atoms with van der Waals surface area (Å²) in [6.45, 7) is 5.24. The Labute approximate surface area is 206 Å². The fourth-order valence-electron chi connectivity index (χ4n) is 3.62. The molecule has 34 heavy (non-hydrogen) atoms. The molecule has 0 aromatic heterocycles. The van der Waals surface area contributed by atoms with Crippen molar-refractivity contribution in [2.24, 2.45) is 0 Å². The third kappa shape index (κ3) is 5.90. The number of carbonyl (C=O) groups is 1. The molecule has 0 unspecified atom stereocenters. The average molecular weight is 501 g/mol. The van der Waals surface area contributed by atoms with E-state index < -0.39 is 15.9 Å². The zero-order chi connectivity index (χ0) is 24.9. The Morgan fingerprint density at radius 2 is 1.68 bits per heavy atom. The van der Waals surface area contributed by atoms with Crippen LogP contribution in [0.15, 0.2) is 71.6 Å². The topological polar surface area (TPSA) is 75.7 Å². The van der Waals surface area contributed by atoms with E-state index in [0.717, 1.165) is 21.2 Å². The van der Waals surface area contributed by atoms with E-state index in [1.165, 1.54) is 0 Å². The monoisotopic (exact) mass is 500 g/mol. The summed E-state index contributed by atoms with van der Waals surface area (Å²) in [5.74, 6) is 0.300. The summed E-state index contributed by atoms with van der Waals surface area (Å²) in [5, 5.41) is 3.35. The molecule has 0 aliphatic carbocycles. The van der Waals surface area contributed by atoms with Crippen molar-refractivity contribution in [1.29, 1.82) is 0 Å². The fourth-order valence-corrected chi connectivity index (χ4v) is 5.26. The van der Waals surface area contributed by atoms with Gasteiger partial charge in [-0.2, -0.15) is 0 Å². The zero-order valence-electron chi connectivity index (χ0n) is 19.7. The first-order chi connectivity index (χ1) is 16.1. The molecule has 0 aliphatic rings. The molecule has 0 spiro atoms. The Bertz CT molecular complexity index is 1240. The Morgan fingerprint density at radius 1 is 1.03 bits per heavy atom. The van der Waals surface area contributed by atoms with Gasteiger partial charge in [0.25, 0.3) is 10.0 Å². The zero-order valence-corrected chi connectivity index (χ0v) is 21.3. The van der Waals surface area contributed by atoms with Crippen molar-refractivity contribution in [3.05, 3.63) is 88.4 Å². The second-order valence-electron chi connectivity index (χ2n) is 8.06. The van der Waals surface area contributed by atoms with E-state index in [-0.39, 0.29) is 17.5 Å². The number of benzene rings is 3. The summed E-state index contributed by atoms with van der Waals surface area (Å²) in [6, 6.07) is 18.7. The molecule has 0 heterocycles. The number of rotatable bonds is 9. The first kappa shape index (κ1) is 25.6. The van der Waals surface area contributed by atoms with Crippen LogP contribution in [0, 0.1) is 13.8 Å². The van der Waals surface area contributed by atoms with E-state index in [0.29, 0.717) is 22.7 Å². The molecule has 1 amide bonds. The maximum absolute atomic E-state index is 13.6. The van der Waals surface area contributed by atoms with Crippen molar-refractivity contribution in [2.75, 3.05) is 18.0 Å². The molecular weight excluding hydrogens is 472 g/mol. The number of halogens is 1. The molecule has 3 aromatic carbocycles. The molecule has 0 fully saturated rings. The number of amides is 1. The van der Waals surface area contributed by atoms with Crippen LogP contribution in [-0.4, -0.2) is 28.0 Å². The summed E-state index contributed by atoms with van der Waals surface area (Å²) in [5.41, 5.74) is 2.90. The summed E-state index contributed by atoms with van der Waals surface area (Å²) in [6.07, 6.45) is 0.638. The van der Waals surface area contributed by atoms with E-state index in [2.05, 4.69) is 5.32 Å². The number of nitrogens with one attached hydrogen (secondary N) is 1. The number of hydrogen-bond donors (Lipinski definition) is 1. The van der Waals surface area contributed by atoms with Gasteiger partial charge in [-0.05, 0) is 67.8 Å². The van der Waals surface area contributed by atoms with Crippen LogP contribution in [0.5, 0.6) is 5.75 Å². The molecule has 0 saturated heterocycles. The van der Waals surface area contributed by atoms with Gasteiger partial charge in [0.2, 0.25) is 5.91 Å². The van der Waals surface area contributed by atoms with Crippen molar-refractivity contribution in [3.8, 4) is 5.75 Å². The van der Waals surface area contributed by atoms with Gasteiger partial charge in [0.1, 0.15) is 12.3 Å². The normalized spacial score (nSPS) is 12.1. The van der Waals surface area contributed by atoms with Crippen molar-refractivity contribution < 1.29 is 17.9 Å². The molecule has 0 radical (unpaired) electrons. The van der Waals surface area contributed by atoms with Crippen molar-refractivity contribution in [3.63, 3.8) is 0 Å². The minimum Gasteiger partial charge on any atom is -0.497 e. The Balaban J connectivity index is 1.94. The van der Waals surface area contributed by atoms with Gasteiger partial charge in [0.15, 0.2) is 0 Å². The molecule has 0 aliphatic heterocycles. The fraction of sp³-hybridized carbons (Fsp3) is 0.269. The van der Waals surface area contributed by atoms with Gasteiger partial charge >= 0.3 is 0 Å². The maximum atomic E-state index is 13.6. The van der Waals surface area contributed by atoms with Gasteiger partial charge in [0.05, 0.1) is 23.7 Å². The molecule has 3 aromatic rings. The summed E-state index contributed by atoms with van der Waals surface area (Å²) in [4.78, 5) is 13.3. The molecular formula is C26H29ClN2O4S. The lowest BCUT2D eigenvalue weighted by Gasteiger charge is -2.27. The minimum atomic E-state index is -4.02. The second kappa shape index (κ2) is 10.9. The Hall–Kier alpha value is -3.03. The first-order valence-corrected chi connectivity index (χ1v) is 12.8. The minimum absolute atomic E-state index is 0.104. The molecule has 6 nitrogen and oxygen atoms in total. The number of ether oxygens (including phenoxy) is 1. The lowest BCUT2D eigenvalue weighted by molar-refractivity contribution is -0.120. The number of methoxy groups -OCH3 is 1. The highest BCUT2D eigenvalue weighted by molar-refractivity contribution is 7.92. The SMILES string of the molecule is CC[C@H](NC(=O)CN(c1cc(Cl)ccc1C)S(=O)(=O)c1ccc(C)cc1)c1ccc(OC)cc1. The van der Waals surface area contributed by atoms with Gasteiger partial charge in [-0.3, -0.25) is 9.10 Å². The maximum Gasteiger partial charge on any atom is 0.264 e. The Kier molecular flexibility index (Phi) is 8.23. The number of aryl methyl sites for hydroxylation is 2. The predicted octanol–water partition coefficient (Wildman–Crippen LogP) is 5.43. The number of hydrogen-bond acceptors (Lipinski definition) is 4. The van der Waals surface area contributed by atoms with Crippen LogP contribution in [0.3, 0.4) is 0 Å². The smallest absolute Gasteiger partial charge is 0.264 e. The van der Waals surface area contributed by atoms with Crippen LogP contribution in [0.25, 0.3) is 0 Å². The highest BCUT2D eigenvalue weighted by Crippen LogP contribution is 2.30. The molecule has 8 heteroatoms. The number of sulfonamides is 1. The quantitative estimate of drug-likeness (QED) is 0.425. The second-order valence-corrected chi connectivity index (χ2v) is 10.4. The van der Waals surface area contributed by atoms with E-state index in [1.807, 2.05) is 38.1 Å². The van der Waals surface area contributed by atoms with Gasteiger partial charge < -0.3 is 10.1 Å². The van der Waals surface area contributed by atoms with Crippen molar-refractivity contribution in [1.82, 2.24) is 5.32 Å².